The molecule has 2 rings (SSSR count). The molecule has 0 radical (unpaired) electrons. The van der Waals surface area contributed by atoms with Gasteiger partial charge in [0.2, 0.25) is 0 Å². The fourth-order valence-electron chi connectivity index (χ4n) is 2.79. The second-order valence-corrected chi connectivity index (χ2v) is 6.76. The zero-order chi connectivity index (χ0) is 12.1. The summed E-state index contributed by atoms with van der Waals surface area (Å²) in [5.41, 5.74) is 1.46. The van der Waals surface area contributed by atoms with Gasteiger partial charge in [-0.1, -0.05) is 30.3 Å². The van der Waals surface area contributed by atoms with E-state index in [1.54, 1.807) is 0 Å². The minimum absolute atomic E-state index is 0.448. The Labute approximate surface area is 109 Å². The van der Waals surface area contributed by atoms with Gasteiger partial charge >= 0.3 is 0 Å². The molecule has 2 unspecified atom stereocenters. The Morgan fingerprint density at radius 1 is 1.35 bits per heavy atom. The highest BCUT2D eigenvalue weighted by molar-refractivity contribution is 8.00. The van der Waals surface area contributed by atoms with E-state index in [0.29, 0.717) is 10.8 Å². The Balaban J connectivity index is 1.92. The fourth-order valence-corrected chi connectivity index (χ4v) is 4.27. The van der Waals surface area contributed by atoms with Crippen LogP contribution in [0.15, 0.2) is 30.3 Å². The molecule has 0 saturated carbocycles. The molecule has 1 N–H and O–H groups in total. The maximum Gasteiger partial charge on any atom is 0.0285 e. The lowest BCUT2D eigenvalue weighted by Crippen LogP contribution is -2.43. The highest BCUT2D eigenvalue weighted by Crippen LogP contribution is 2.41. The topological polar surface area (TPSA) is 12.0 Å². The van der Waals surface area contributed by atoms with Crippen LogP contribution in [-0.2, 0) is 6.42 Å². The van der Waals surface area contributed by atoms with Crippen LogP contribution in [-0.4, -0.2) is 23.6 Å². The maximum atomic E-state index is 3.53. The van der Waals surface area contributed by atoms with Crippen LogP contribution >= 0.6 is 11.8 Å². The lowest BCUT2D eigenvalue weighted by Gasteiger charge is -2.33. The molecule has 0 amide bonds. The van der Waals surface area contributed by atoms with Crippen LogP contribution in [0, 0.1) is 0 Å². The van der Waals surface area contributed by atoms with Crippen LogP contribution in [0.5, 0.6) is 0 Å². The molecule has 2 atom stereocenters. The van der Waals surface area contributed by atoms with Crippen molar-refractivity contribution in [1.82, 2.24) is 5.32 Å². The van der Waals surface area contributed by atoms with Crippen LogP contribution < -0.4 is 5.32 Å². The van der Waals surface area contributed by atoms with E-state index in [4.69, 9.17) is 0 Å². The SMILES string of the molecule is CNC(CCc1ccccc1)C1(C)CCCS1. The molecule has 94 valence electrons. The molecule has 1 aromatic rings. The van der Waals surface area contributed by atoms with Crippen LogP contribution in [0.4, 0.5) is 0 Å². The predicted octanol–water partition coefficient (Wildman–Crippen LogP) is 3.49. The van der Waals surface area contributed by atoms with Crippen molar-refractivity contribution in [1.29, 1.82) is 0 Å². The average molecular weight is 249 g/mol. The van der Waals surface area contributed by atoms with E-state index in [2.05, 4.69) is 61.4 Å². The number of benzene rings is 1. The summed E-state index contributed by atoms with van der Waals surface area (Å²) in [4.78, 5) is 0. The third kappa shape index (κ3) is 3.26. The van der Waals surface area contributed by atoms with Gasteiger partial charge in [0, 0.05) is 10.8 Å². The average Bonchev–Trinajstić information content (AvgIpc) is 2.79. The Kier molecular flexibility index (Phi) is 4.52. The standard InChI is InChI=1S/C15H23NS/c1-15(11-6-12-17-15)14(16-2)10-9-13-7-4-3-5-8-13/h3-5,7-8,14,16H,6,9-12H2,1-2H3. The Bertz CT molecular complexity index is 330. The Hall–Kier alpha value is -0.470. The fraction of sp³-hybridized carbons (Fsp3) is 0.600. The molecule has 0 bridgehead atoms. The first-order chi connectivity index (χ1) is 8.24. The van der Waals surface area contributed by atoms with Crippen molar-refractivity contribution in [3.8, 4) is 0 Å². The second-order valence-electron chi connectivity index (χ2n) is 5.13. The van der Waals surface area contributed by atoms with Gasteiger partial charge in [0.25, 0.3) is 0 Å². The van der Waals surface area contributed by atoms with Gasteiger partial charge in [-0.15, -0.1) is 0 Å². The molecule has 17 heavy (non-hydrogen) atoms. The lowest BCUT2D eigenvalue weighted by atomic mass is 9.91. The van der Waals surface area contributed by atoms with Gasteiger partial charge in [-0.2, -0.15) is 11.8 Å². The highest BCUT2D eigenvalue weighted by atomic mass is 32.2. The zero-order valence-electron chi connectivity index (χ0n) is 10.9. The van der Waals surface area contributed by atoms with Crippen molar-refractivity contribution < 1.29 is 0 Å². The van der Waals surface area contributed by atoms with Crippen molar-refractivity contribution in [2.45, 2.75) is 43.4 Å². The largest absolute Gasteiger partial charge is 0.316 e. The molecule has 0 aromatic heterocycles. The Morgan fingerprint density at radius 3 is 2.71 bits per heavy atom. The normalized spacial score (nSPS) is 26.0. The van der Waals surface area contributed by atoms with E-state index in [-0.39, 0.29) is 0 Å². The number of hydrogen-bond acceptors (Lipinski definition) is 2. The monoisotopic (exact) mass is 249 g/mol. The van der Waals surface area contributed by atoms with Crippen molar-refractivity contribution in [3.63, 3.8) is 0 Å². The summed E-state index contributed by atoms with van der Waals surface area (Å²) in [6, 6.07) is 11.5. The van der Waals surface area contributed by atoms with Gasteiger partial charge in [-0.05, 0) is 51.0 Å². The van der Waals surface area contributed by atoms with Crippen molar-refractivity contribution in [2.24, 2.45) is 0 Å². The van der Waals surface area contributed by atoms with Gasteiger partial charge in [0.05, 0.1) is 0 Å². The van der Waals surface area contributed by atoms with E-state index in [0.717, 1.165) is 0 Å². The third-order valence-electron chi connectivity index (χ3n) is 3.90. The van der Waals surface area contributed by atoms with E-state index in [9.17, 15) is 0 Å². The molecule has 2 heteroatoms. The van der Waals surface area contributed by atoms with E-state index in [1.165, 1.54) is 37.0 Å². The van der Waals surface area contributed by atoms with Crippen molar-refractivity contribution >= 4 is 11.8 Å². The molecule has 1 aliphatic heterocycles. The first-order valence-electron chi connectivity index (χ1n) is 6.60. The van der Waals surface area contributed by atoms with E-state index in [1.807, 2.05) is 0 Å². The van der Waals surface area contributed by atoms with Crippen LogP contribution in [0.2, 0.25) is 0 Å². The number of aryl methyl sites for hydroxylation is 1. The molecule has 0 spiro atoms. The van der Waals surface area contributed by atoms with Crippen LogP contribution in [0.25, 0.3) is 0 Å². The summed E-state index contributed by atoms with van der Waals surface area (Å²) in [7, 11) is 2.11. The quantitative estimate of drug-likeness (QED) is 0.857. The maximum absolute atomic E-state index is 3.53. The molecular formula is C15H23NS. The number of hydrogen-bond donors (Lipinski definition) is 1. The predicted molar refractivity (Wildman–Crippen MR) is 77.7 cm³/mol. The number of nitrogens with one attached hydrogen (secondary N) is 1. The van der Waals surface area contributed by atoms with Crippen LogP contribution in [0.3, 0.4) is 0 Å². The summed E-state index contributed by atoms with van der Waals surface area (Å²) in [6.07, 6.45) is 5.16. The smallest absolute Gasteiger partial charge is 0.0285 e. The molecule has 1 saturated heterocycles. The van der Waals surface area contributed by atoms with Crippen molar-refractivity contribution in [3.05, 3.63) is 35.9 Å². The summed E-state index contributed by atoms with van der Waals surface area (Å²) >= 11 is 2.15. The van der Waals surface area contributed by atoms with E-state index >= 15 is 0 Å². The molecule has 1 heterocycles. The first kappa shape index (κ1) is 13.0. The first-order valence-corrected chi connectivity index (χ1v) is 7.58. The molecule has 1 aliphatic rings. The number of rotatable bonds is 5. The summed E-state index contributed by atoms with van der Waals surface area (Å²) in [5, 5.41) is 3.53. The highest BCUT2D eigenvalue weighted by Gasteiger charge is 2.36. The van der Waals surface area contributed by atoms with Gasteiger partial charge in [0.1, 0.15) is 0 Å². The lowest BCUT2D eigenvalue weighted by molar-refractivity contribution is 0.404. The molecule has 0 aliphatic carbocycles. The summed E-state index contributed by atoms with van der Waals surface area (Å²) in [6.45, 7) is 2.43. The van der Waals surface area contributed by atoms with Gasteiger partial charge < -0.3 is 5.32 Å². The molecular weight excluding hydrogens is 226 g/mol. The molecule has 1 nitrogen and oxygen atoms in total. The Morgan fingerprint density at radius 2 is 2.12 bits per heavy atom. The zero-order valence-corrected chi connectivity index (χ0v) is 11.7. The number of thioether (sulfide) groups is 1. The molecule has 1 aromatic carbocycles. The molecule has 1 fully saturated rings. The van der Waals surface area contributed by atoms with Gasteiger partial charge in [-0.25, -0.2) is 0 Å². The van der Waals surface area contributed by atoms with Gasteiger partial charge in [0.15, 0.2) is 0 Å². The summed E-state index contributed by atoms with van der Waals surface area (Å²) in [5.74, 6) is 1.33. The minimum Gasteiger partial charge on any atom is -0.316 e. The van der Waals surface area contributed by atoms with Crippen LogP contribution in [0.1, 0.15) is 31.7 Å². The minimum atomic E-state index is 0.448. The van der Waals surface area contributed by atoms with Gasteiger partial charge in [-0.3, -0.25) is 0 Å². The second kappa shape index (κ2) is 5.92. The summed E-state index contributed by atoms with van der Waals surface area (Å²) < 4.78 is 0.448. The van der Waals surface area contributed by atoms with Crippen molar-refractivity contribution in [2.75, 3.05) is 12.8 Å². The van der Waals surface area contributed by atoms with E-state index < -0.39 is 0 Å². The third-order valence-corrected chi connectivity index (χ3v) is 5.54.